The number of amides is 2. The molecule has 6 nitrogen and oxygen atoms in total. The molecule has 0 spiro atoms. The molecule has 3 aliphatic rings. The molecule has 2 heterocycles. The summed E-state index contributed by atoms with van der Waals surface area (Å²) in [5.74, 6) is -0.911. The summed E-state index contributed by atoms with van der Waals surface area (Å²) in [5.41, 5.74) is 0.422. The van der Waals surface area contributed by atoms with Crippen LogP contribution in [0.1, 0.15) is 17.0 Å². The molecule has 6 atom stereocenters. The van der Waals surface area contributed by atoms with Crippen molar-refractivity contribution in [1.82, 2.24) is 0 Å². The topological polar surface area (TPSA) is 76.8 Å². The number of imide groups is 1. The van der Waals surface area contributed by atoms with Crippen molar-refractivity contribution in [2.24, 2.45) is 23.7 Å². The Bertz CT molecular complexity index is 943. The van der Waals surface area contributed by atoms with Crippen LogP contribution in [0.2, 0.25) is 0 Å². The van der Waals surface area contributed by atoms with Gasteiger partial charge < -0.3 is 9.15 Å². The van der Waals surface area contributed by atoms with Gasteiger partial charge in [-0.1, -0.05) is 37.9 Å². The maximum atomic E-state index is 13.1. The lowest BCUT2D eigenvalue weighted by molar-refractivity contribution is -0.123. The number of benzene rings is 1. The Labute approximate surface area is 177 Å². The van der Waals surface area contributed by atoms with Crippen LogP contribution in [0.4, 0.5) is 5.69 Å². The van der Waals surface area contributed by atoms with Crippen LogP contribution < -0.4 is 9.64 Å². The number of ether oxygens (including phenoxy) is 1. The van der Waals surface area contributed by atoms with Crippen molar-refractivity contribution in [3.8, 4) is 5.75 Å². The second-order valence-corrected chi connectivity index (χ2v) is 9.49. The van der Waals surface area contributed by atoms with Gasteiger partial charge >= 0.3 is 5.97 Å². The fraction of sp³-hybridized carbons (Fsp3) is 0.350. The molecule has 144 valence electrons. The van der Waals surface area contributed by atoms with E-state index in [1.807, 2.05) is 0 Å². The van der Waals surface area contributed by atoms with E-state index in [1.54, 1.807) is 24.3 Å². The van der Waals surface area contributed by atoms with E-state index in [1.165, 1.54) is 23.3 Å². The van der Waals surface area contributed by atoms with Crippen molar-refractivity contribution < 1.29 is 23.5 Å². The molecule has 0 radical (unpaired) electrons. The van der Waals surface area contributed by atoms with E-state index < -0.39 is 5.97 Å². The number of carbonyl (C=O) groups is 3. The number of furan rings is 1. The largest absolute Gasteiger partial charge is 0.457 e. The van der Waals surface area contributed by atoms with Crippen LogP contribution in [0.5, 0.6) is 5.75 Å². The van der Waals surface area contributed by atoms with Gasteiger partial charge in [0.25, 0.3) is 0 Å². The summed E-state index contributed by atoms with van der Waals surface area (Å²) in [6.07, 6.45) is 2.27. The molecule has 0 unspecified atom stereocenters. The number of esters is 1. The number of rotatable bonds is 3. The van der Waals surface area contributed by atoms with Crippen molar-refractivity contribution in [1.29, 1.82) is 0 Å². The molecule has 2 amide bonds. The first-order chi connectivity index (χ1) is 13.5. The van der Waals surface area contributed by atoms with Crippen molar-refractivity contribution in [3.63, 3.8) is 0 Å². The summed E-state index contributed by atoms with van der Waals surface area (Å²) < 4.78 is 10.3. The lowest BCUT2D eigenvalue weighted by Crippen LogP contribution is -2.37. The summed E-state index contributed by atoms with van der Waals surface area (Å²) in [4.78, 5) is 39.9. The fourth-order valence-corrected chi connectivity index (χ4v) is 6.71. The van der Waals surface area contributed by atoms with Gasteiger partial charge in [-0.15, -0.1) is 0 Å². The van der Waals surface area contributed by atoms with Crippen LogP contribution in [0.25, 0.3) is 0 Å². The minimum Gasteiger partial charge on any atom is -0.457 e. The highest BCUT2D eigenvalue weighted by molar-refractivity contribution is 9.12. The molecule has 3 fully saturated rings. The lowest BCUT2D eigenvalue weighted by Gasteiger charge is -2.28. The zero-order valence-corrected chi connectivity index (χ0v) is 17.6. The van der Waals surface area contributed by atoms with E-state index in [2.05, 4.69) is 31.9 Å². The average Bonchev–Trinajstić information content (AvgIpc) is 3.43. The molecule has 1 aliphatic heterocycles. The summed E-state index contributed by atoms with van der Waals surface area (Å²) in [6, 6.07) is 9.57. The normalized spacial score (nSPS) is 33.4. The van der Waals surface area contributed by atoms with Gasteiger partial charge in [0.1, 0.15) is 5.75 Å². The summed E-state index contributed by atoms with van der Waals surface area (Å²) in [6.45, 7) is 0. The van der Waals surface area contributed by atoms with Crippen molar-refractivity contribution in [3.05, 3.63) is 48.4 Å². The second kappa shape index (κ2) is 6.56. The first-order valence-electron chi connectivity index (χ1n) is 8.99. The fourth-order valence-electron chi connectivity index (χ4n) is 4.84. The third kappa shape index (κ3) is 2.54. The van der Waals surface area contributed by atoms with Crippen LogP contribution >= 0.6 is 31.9 Å². The van der Waals surface area contributed by atoms with Gasteiger partial charge in [-0.3, -0.25) is 9.59 Å². The highest BCUT2D eigenvalue weighted by atomic mass is 79.9. The first-order valence-corrected chi connectivity index (χ1v) is 10.8. The number of halogens is 2. The zero-order chi connectivity index (χ0) is 19.6. The minimum atomic E-state index is -0.639. The Morgan fingerprint density at radius 1 is 1.04 bits per heavy atom. The predicted octanol–water partition coefficient (Wildman–Crippen LogP) is 3.78. The number of anilines is 1. The Morgan fingerprint density at radius 2 is 1.71 bits per heavy atom. The lowest BCUT2D eigenvalue weighted by atomic mass is 9.81. The third-order valence-corrected chi connectivity index (χ3v) is 9.20. The van der Waals surface area contributed by atoms with E-state index in [0.717, 1.165) is 6.42 Å². The Hall–Kier alpha value is -1.93. The number of alkyl halides is 2. The summed E-state index contributed by atoms with van der Waals surface area (Å²) in [5, 5.41) is 0. The molecule has 1 saturated heterocycles. The average molecular weight is 509 g/mol. The first kappa shape index (κ1) is 18.1. The van der Waals surface area contributed by atoms with E-state index in [9.17, 15) is 14.4 Å². The summed E-state index contributed by atoms with van der Waals surface area (Å²) >= 11 is 7.37. The number of hydrogen-bond acceptors (Lipinski definition) is 5. The molecule has 5 rings (SSSR count). The van der Waals surface area contributed by atoms with Crippen molar-refractivity contribution in [2.75, 3.05) is 4.90 Å². The smallest absolute Gasteiger partial charge is 0.379 e. The second-order valence-electron chi connectivity index (χ2n) is 7.38. The number of carbonyl (C=O) groups excluding carboxylic acids is 3. The maximum Gasteiger partial charge on any atom is 0.379 e. The van der Waals surface area contributed by atoms with Crippen LogP contribution in [-0.2, 0) is 9.59 Å². The monoisotopic (exact) mass is 507 g/mol. The van der Waals surface area contributed by atoms with Gasteiger partial charge in [0.2, 0.25) is 17.6 Å². The molecular weight excluding hydrogens is 494 g/mol. The molecule has 1 aromatic heterocycles. The number of fused-ring (bicyclic) bond motifs is 5. The molecule has 28 heavy (non-hydrogen) atoms. The van der Waals surface area contributed by atoms with Crippen LogP contribution in [0.15, 0.2) is 47.1 Å². The van der Waals surface area contributed by atoms with Crippen LogP contribution in [0, 0.1) is 23.7 Å². The zero-order valence-electron chi connectivity index (χ0n) is 14.5. The summed E-state index contributed by atoms with van der Waals surface area (Å²) in [7, 11) is 0. The quantitative estimate of drug-likeness (QED) is 0.273. The predicted molar refractivity (Wildman–Crippen MR) is 107 cm³/mol. The Balaban J connectivity index is 1.42. The van der Waals surface area contributed by atoms with E-state index in [4.69, 9.17) is 9.15 Å². The highest BCUT2D eigenvalue weighted by Gasteiger charge is 2.66. The van der Waals surface area contributed by atoms with E-state index in [-0.39, 0.29) is 56.7 Å². The SMILES string of the molecule is O=C(Oc1cccc(N2C(=O)[C@@H]3[C@H]4C[C@@H]([C@H](Br)[C@H]4Br)[C@H]3C2=O)c1)c1ccco1. The molecule has 0 N–H and O–H groups in total. The number of hydrogen-bond donors (Lipinski definition) is 0. The molecular formula is C20H15Br2NO5. The van der Waals surface area contributed by atoms with Crippen LogP contribution in [-0.4, -0.2) is 27.4 Å². The van der Waals surface area contributed by atoms with Gasteiger partial charge in [0.05, 0.1) is 23.8 Å². The molecule has 2 bridgehead atoms. The Morgan fingerprint density at radius 3 is 2.32 bits per heavy atom. The highest BCUT2D eigenvalue weighted by Crippen LogP contribution is 2.60. The van der Waals surface area contributed by atoms with Gasteiger partial charge in [0, 0.05) is 15.7 Å². The Kier molecular flexibility index (Phi) is 4.24. The molecule has 2 aromatic rings. The standard InChI is InChI=1S/C20H15Br2NO5/c21-16-11-8-12(17(16)22)15-14(11)18(24)23(19(15)25)9-3-1-4-10(7-9)28-20(26)13-5-2-6-27-13/h1-7,11-12,14-17H,8H2/t11-,12-,14-,15-,16+,17+/m1/s1. The minimum absolute atomic E-state index is 0.0801. The van der Waals surface area contributed by atoms with Gasteiger partial charge in [0.15, 0.2) is 0 Å². The van der Waals surface area contributed by atoms with Gasteiger partial charge in [-0.05, 0) is 42.5 Å². The van der Waals surface area contributed by atoms with E-state index in [0.29, 0.717) is 5.69 Å². The maximum absolute atomic E-state index is 13.1. The van der Waals surface area contributed by atoms with Crippen LogP contribution in [0.3, 0.4) is 0 Å². The molecule has 2 aliphatic carbocycles. The molecule has 1 aromatic carbocycles. The van der Waals surface area contributed by atoms with E-state index >= 15 is 0 Å². The number of nitrogens with zero attached hydrogens (tertiary/aromatic N) is 1. The third-order valence-electron chi connectivity index (χ3n) is 6.00. The molecule has 2 saturated carbocycles. The van der Waals surface area contributed by atoms with Gasteiger partial charge in [-0.25, -0.2) is 9.69 Å². The van der Waals surface area contributed by atoms with Crippen molar-refractivity contribution >= 4 is 55.3 Å². The molecule has 8 heteroatoms. The van der Waals surface area contributed by atoms with Gasteiger partial charge in [-0.2, -0.15) is 0 Å². The van der Waals surface area contributed by atoms with Crippen molar-refractivity contribution in [2.45, 2.75) is 16.1 Å².